The average Bonchev–Trinajstić information content (AvgIpc) is 2.69. The van der Waals surface area contributed by atoms with Crippen molar-refractivity contribution in [3.8, 4) is 0 Å². The molecule has 0 spiro atoms. The van der Waals surface area contributed by atoms with Gasteiger partial charge in [0.2, 0.25) is 0 Å². The van der Waals surface area contributed by atoms with E-state index < -0.39 is 0 Å². The molecule has 0 radical (unpaired) electrons. The number of hydrogen-bond acceptors (Lipinski definition) is 4. The van der Waals surface area contributed by atoms with Gasteiger partial charge in [0, 0.05) is 16.9 Å². The van der Waals surface area contributed by atoms with Crippen LogP contribution < -0.4 is 11.1 Å². The summed E-state index contributed by atoms with van der Waals surface area (Å²) in [5.41, 5.74) is 9.64. The van der Waals surface area contributed by atoms with Crippen LogP contribution in [-0.4, -0.2) is 9.97 Å². The molecular formula is C15H17ClN4. The molecule has 0 saturated heterocycles. The second kappa shape index (κ2) is 5.67. The SMILES string of the molecule is Nc1ccc(Cl)c(Nc2ncnc3c2CCCCC3)c1. The van der Waals surface area contributed by atoms with Crippen molar-refractivity contribution >= 4 is 28.8 Å². The number of rotatable bonds is 2. The number of aromatic nitrogens is 2. The summed E-state index contributed by atoms with van der Waals surface area (Å²) in [6.45, 7) is 0. The molecule has 1 aliphatic carbocycles. The van der Waals surface area contributed by atoms with Crippen LogP contribution in [0.2, 0.25) is 5.02 Å². The van der Waals surface area contributed by atoms with Crippen LogP contribution in [0, 0.1) is 0 Å². The highest BCUT2D eigenvalue weighted by Gasteiger charge is 2.15. The van der Waals surface area contributed by atoms with E-state index >= 15 is 0 Å². The average molecular weight is 289 g/mol. The number of nitrogens with zero attached hydrogens (tertiary/aromatic N) is 2. The third kappa shape index (κ3) is 2.70. The Morgan fingerprint density at radius 3 is 2.85 bits per heavy atom. The third-order valence-electron chi connectivity index (χ3n) is 3.62. The Morgan fingerprint density at radius 1 is 1.10 bits per heavy atom. The van der Waals surface area contributed by atoms with Gasteiger partial charge in [-0.1, -0.05) is 18.0 Å². The van der Waals surface area contributed by atoms with Crippen molar-refractivity contribution in [1.29, 1.82) is 0 Å². The maximum Gasteiger partial charge on any atom is 0.137 e. The number of hydrogen-bond donors (Lipinski definition) is 2. The second-order valence-corrected chi connectivity index (χ2v) is 5.48. The zero-order valence-electron chi connectivity index (χ0n) is 11.2. The molecular weight excluding hydrogens is 272 g/mol. The summed E-state index contributed by atoms with van der Waals surface area (Å²) in [4.78, 5) is 8.79. The molecule has 20 heavy (non-hydrogen) atoms. The van der Waals surface area contributed by atoms with Crippen LogP contribution in [0.3, 0.4) is 0 Å². The van der Waals surface area contributed by atoms with Gasteiger partial charge >= 0.3 is 0 Å². The zero-order chi connectivity index (χ0) is 13.9. The molecule has 4 nitrogen and oxygen atoms in total. The molecule has 0 bridgehead atoms. The standard InChI is InChI=1S/C15H17ClN4/c16-12-7-6-10(17)8-14(12)20-15-11-4-2-1-3-5-13(11)18-9-19-15/h6-9H,1-5,17H2,(H,18,19,20). The molecule has 0 unspecified atom stereocenters. The predicted octanol–water partition coefficient (Wildman–Crippen LogP) is 3.72. The molecule has 0 amide bonds. The van der Waals surface area contributed by atoms with Gasteiger partial charge in [-0.25, -0.2) is 9.97 Å². The fourth-order valence-corrected chi connectivity index (χ4v) is 2.74. The normalized spacial score (nSPS) is 14.4. The van der Waals surface area contributed by atoms with E-state index in [0.29, 0.717) is 10.7 Å². The van der Waals surface area contributed by atoms with Gasteiger partial charge in [-0.3, -0.25) is 0 Å². The maximum atomic E-state index is 6.20. The number of nitrogens with one attached hydrogen (secondary N) is 1. The number of fused-ring (bicyclic) bond motifs is 1. The largest absolute Gasteiger partial charge is 0.399 e. The van der Waals surface area contributed by atoms with Crippen molar-refractivity contribution in [3.63, 3.8) is 0 Å². The van der Waals surface area contributed by atoms with E-state index in [-0.39, 0.29) is 0 Å². The molecule has 1 aliphatic rings. The molecule has 3 N–H and O–H groups in total. The van der Waals surface area contributed by atoms with Crippen LogP contribution in [0.1, 0.15) is 30.5 Å². The van der Waals surface area contributed by atoms with E-state index in [1.54, 1.807) is 18.5 Å². The molecule has 1 aromatic carbocycles. The first-order chi connectivity index (χ1) is 9.74. The van der Waals surface area contributed by atoms with E-state index in [4.69, 9.17) is 17.3 Å². The quantitative estimate of drug-likeness (QED) is 0.653. The fourth-order valence-electron chi connectivity index (χ4n) is 2.57. The highest BCUT2D eigenvalue weighted by Crippen LogP contribution is 2.30. The smallest absolute Gasteiger partial charge is 0.137 e. The summed E-state index contributed by atoms with van der Waals surface area (Å²) < 4.78 is 0. The third-order valence-corrected chi connectivity index (χ3v) is 3.95. The van der Waals surface area contributed by atoms with Gasteiger partial charge in [-0.05, 0) is 43.9 Å². The maximum absolute atomic E-state index is 6.20. The lowest BCUT2D eigenvalue weighted by Gasteiger charge is -2.13. The lowest BCUT2D eigenvalue weighted by Crippen LogP contribution is -2.04. The minimum absolute atomic E-state index is 0.639. The Kier molecular flexibility index (Phi) is 3.74. The Hall–Kier alpha value is -1.81. The Bertz CT molecular complexity index is 627. The first-order valence-electron chi connectivity index (χ1n) is 6.89. The van der Waals surface area contributed by atoms with Crippen molar-refractivity contribution in [2.75, 3.05) is 11.1 Å². The van der Waals surface area contributed by atoms with Crippen LogP contribution in [0.25, 0.3) is 0 Å². The predicted molar refractivity (Wildman–Crippen MR) is 82.4 cm³/mol. The minimum atomic E-state index is 0.639. The Labute approximate surface area is 123 Å². The van der Waals surface area contributed by atoms with Gasteiger partial charge in [0.15, 0.2) is 0 Å². The summed E-state index contributed by atoms with van der Waals surface area (Å²) in [5.74, 6) is 0.851. The van der Waals surface area contributed by atoms with E-state index in [0.717, 1.165) is 30.0 Å². The summed E-state index contributed by atoms with van der Waals surface area (Å²) >= 11 is 6.20. The Morgan fingerprint density at radius 2 is 1.95 bits per heavy atom. The van der Waals surface area contributed by atoms with E-state index in [9.17, 15) is 0 Å². The molecule has 1 heterocycles. The first kappa shape index (κ1) is 13.2. The number of nitrogens with two attached hydrogens (primary N) is 1. The highest BCUT2D eigenvalue weighted by molar-refractivity contribution is 6.33. The van der Waals surface area contributed by atoms with Crippen molar-refractivity contribution in [2.24, 2.45) is 0 Å². The molecule has 0 atom stereocenters. The number of halogens is 1. The van der Waals surface area contributed by atoms with E-state index in [2.05, 4.69) is 15.3 Å². The number of nitrogen functional groups attached to an aromatic ring is 1. The van der Waals surface area contributed by atoms with Gasteiger partial charge in [0.25, 0.3) is 0 Å². The van der Waals surface area contributed by atoms with Gasteiger partial charge in [-0.15, -0.1) is 0 Å². The Balaban J connectivity index is 1.96. The van der Waals surface area contributed by atoms with Crippen LogP contribution in [0.15, 0.2) is 24.5 Å². The van der Waals surface area contributed by atoms with Crippen molar-refractivity contribution in [2.45, 2.75) is 32.1 Å². The van der Waals surface area contributed by atoms with Crippen LogP contribution in [0.5, 0.6) is 0 Å². The number of benzene rings is 1. The summed E-state index contributed by atoms with van der Waals surface area (Å²) in [7, 11) is 0. The van der Waals surface area contributed by atoms with Crippen molar-refractivity contribution < 1.29 is 0 Å². The topological polar surface area (TPSA) is 63.8 Å². The van der Waals surface area contributed by atoms with E-state index in [1.165, 1.54) is 24.8 Å². The number of anilines is 3. The van der Waals surface area contributed by atoms with Crippen molar-refractivity contribution in [1.82, 2.24) is 9.97 Å². The van der Waals surface area contributed by atoms with Gasteiger partial charge in [-0.2, -0.15) is 0 Å². The molecule has 3 rings (SSSR count). The zero-order valence-corrected chi connectivity index (χ0v) is 12.0. The van der Waals surface area contributed by atoms with Crippen LogP contribution in [-0.2, 0) is 12.8 Å². The highest BCUT2D eigenvalue weighted by atomic mass is 35.5. The first-order valence-corrected chi connectivity index (χ1v) is 7.26. The lowest BCUT2D eigenvalue weighted by atomic mass is 10.1. The minimum Gasteiger partial charge on any atom is -0.399 e. The summed E-state index contributed by atoms with van der Waals surface area (Å²) in [5, 5.41) is 3.94. The summed E-state index contributed by atoms with van der Waals surface area (Å²) in [6.07, 6.45) is 7.28. The molecule has 0 saturated carbocycles. The van der Waals surface area contributed by atoms with Gasteiger partial charge in [0.05, 0.1) is 10.7 Å². The van der Waals surface area contributed by atoms with Crippen LogP contribution in [0.4, 0.5) is 17.2 Å². The van der Waals surface area contributed by atoms with Gasteiger partial charge < -0.3 is 11.1 Å². The second-order valence-electron chi connectivity index (χ2n) is 5.07. The lowest BCUT2D eigenvalue weighted by molar-refractivity contribution is 0.709. The molecule has 0 aliphatic heterocycles. The molecule has 1 aromatic heterocycles. The molecule has 2 aromatic rings. The van der Waals surface area contributed by atoms with E-state index in [1.807, 2.05) is 6.07 Å². The monoisotopic (exact) mass is 288 g/mol. The molecule has 104 valence electrons. The summed E-state index contributed by atoms with van der Waals surface area (Å²) in [6, 6.07) is 5.40. The van der Waals surface area contributed by atoms with Crippen molar-refractivity contribution in [3.05, 3.63) is 40.8 Å². The molecule has 5 heteroatoms. The number of aryl methyl sites for hydroxylation is 1. The fraction of sp³-hybridized carbons (Fsp3) is 0.333. The molecule has 0 fully saturated rings. The van der Waals surface area contributed by atoms with Gasteiger partial charge in [0.1, 0.15) is 12.1 Å². The van der Waals surface area contributed by atoms with Crippen LogP contribution >= 0.6 is 11.6 Å².